The third kappa shape index (κ3) is 3.66. The highest BCUT2D eigenvalue weighted by molar-refractivity contribution is 7.91. The lowest BCUT2D eigenvalue weighted by Gasteiger charge is -2.07. The number of hydrogen-bond acceptors (Lipinski definition) is 4. The number of rotatable bonds is 5. The molecule has 2 aromatic carbocycles. The molecule has 134 valence electrons. The summed E-state index contributed by atoms with van der Waals surface area (Å²) in [5.41, 5.74) is 2.08. The highest BCUT2D eigenvalue weighted by atomic mass is 32.2. The Balaban J connectivity index is 1.51. The fraction of sp³-hybridized carbons (Fsp3) is 0.0476. The second kappa shape index (κ2) is 7.17. The average molecular weight is 375 g/mol. The van der Waals surface area contributed by atoms with E-state index in [0.717, 1.165) is 16.9 Å². The van der Waals surface area contributed by atoms with Crippen LogP contribution in [-0.4, -0.2) is 23.0 Å². The van der Waals surface area contributed by atoms with Crippen molar-refractivity contribution >= 4 is 9.84 Å². The molecular formula is C21H17N3O2S. The van der Waals surface area contributed by atoms with Crippen molar-refractivity contribution in [3.63, 3.8) is 0 Å². The van der Waals surface area contributed by atoms with E-state index in [0.29, 0.717) is 16.2 Å². The lowest BCUT2D eigenvalue weighted by Crippen LogP contribution is -2.02. The molecule has 0 saturated carbocycles. The maximum atomic E-state index is 12.6. The van der Waals surface area contributed by atoms with Crippen molar-refractivity contribution in [2.75, 3.05) is 0 Å². The Morgan fingerprint density at radius 2 is 1.52 bits per heavy atom. The van der Waals surface area contributed by atoms with Crippen LogP contribution in [0.25, 0.3) is 5.82 Å². The van der Waals surface area contributed by atoms with Gasteiger partial charge >= 0.3 is 0 Å². The summed E-state index contributed by atoms with van der Waals surface area (Å²) in [4.78, 5) is 9.05. The number of pyridine rings is 1. The van der Waals surface area contributed by atoms with Crippen LogP contribution in [0, 0.1) is 0 Å². The highest BCUT2D eigenvalue weighted by Crippen LogP contribution is 2.21. The van der Waals surface area contributed by atoms with Crippen molar-refractivity contribution in [3.05, 3.63) is 103 Å². The molecule has 0 aliphatic rings. The first kappa shape index (κ1) is 17.2. The summed E-state index contributed by atoms with van der Waals surface area (Å²) in [6.45, 7) is 0. The SMILES string of the molecule is O=S(=O)(c1ccccc1)c1ccc(Cc2ccc(-n3ccnc3)nc2)cc1. The minimum absolute atomic E-state index is 0.297. The number of benzene rings is 2. The smallest absolute Gasteiger partial charge is 0.206 e. The number of imidazole rings is 1. The van der Waals surface area contributed by atoms with Crippen molar-refractivity contribution in [1.29, 1.82) is 0 Å². The lowest BCUT2D eigenvalue weighted by molar-refractivity contribution is 0.596. The van der Waals surface area contributed by atoms with Crippen LogP contribution < -0.4 is 0 Å². The molecule has 2 aromatic heterocycles. The predicted octanol–water partition coefficient (Wildman–Crippen LogP) is 3.69. The number of sulfone groups is 1. The Hall–Kier alpha value is -3.25. The Morgan fingerprint density at radius 1 is 0.815 bits per heavy atom. The van der Waals surface area contributed by atoms with Crippen molar-refractivity contribution in [2.45, 2.75) is 16.2 Å². The summed E-state index contributed by atoms with van der Waals surface area (Å²) in [5, 5.41) is 0. The molecule has 0 bridgehead atoms. The van der Waals surface area contributed by atoms with E-state index in [2.05, 4.69) is 9.97 Å². The predicted molar refractivity (Wildman–Crippen MR) is 103 cm³/mol. The van der Waals surface area contributed by atoms with Crippen molar-refractivity contribution in [1.82, 2.24) is 14.5 Å². The summed E-state index contributed by atoms with van der Waals surface area (Å²) in [7, 11) is -3.48. The van der Waals surface area contributed by atoms with E-state index < -0.39 is 9.84 Å². The summed E-state index contributed by atoms with van der Waals surface area (Å²) >= 11 is 0. The van der Waals surface area contributed by atoms with Gasteiger partial charge < -0.3 is 0 Å². The van der Waals surface area contributed by atoms with E-state index in [1.54, 1.807) is 55.0 Å². The van der Waals surface area contributed by atoms with Gasteiger partial charge in [-0.3, -0.25) is 4.57 Å². The van der Waals surface area contributed by atoms with Gasteiger partial charge in [0.05, 0.1) is 9.79 Å². The standard InChI is InChI=1S/C21H17N3O2S/c25-27(26,19-4-2-1-3-5-19)20-9-6-17(7-10-20)14-18-8-11-21(23-15-18)24-13-12-22-16-24/h1-13,15-16H,14H2. The maximum absolute atomic E-state index is 12.6. The van der Waals surface area contributed by atoms with E-state index in [1.165, 1.54) is 0 Å². The van der Waals surface area contributed by atoms with Crippen LogP contribution in [0.1, 0.15) is 11.1 Å². The quantitative estimate of drug-likeness (QED) is 0.534. The summed E-state index contributed by atoms with van der Waals surface area (Å²) < 4.78 is 27.1. The van der Waals surface area contributed by atoms with Crippen LogP contribution in [-0.2, 0) is 16.3 Å². The van der Waals surface area contributed by atoms with Crippen molar-refractivity contribution in [3.8, 4) is 5.82 Å². The Morgan fingerprint density at radius 3 is 2.15 bits per heavy atom. The van der Waals surface area contributed by atoms with Gasteiger partial charge in [-0.2, -0.15) is 0 Å². The van der Waals surface area contributed by atoms with Crippen LogP contribution >= 0.6 is 0 Å². The summed E-state index contributed by atoms with van der Waals surface area (Å²) in [6, 6.07) is 19.4. The first-order valence-corrected chi connectivity index (χ1v) is 9.93. The Kier molecular flexibility index (Phi) is 4.56. The van der Waals surface area contributed by atoms with Gasteiger partial charge in [-0.25, -0.2) is 18.4 Å². The zero-order chi connectivity index (χ0) is 18.7. The molecule has 0 aliphatic carbocycles. The molecule has 0 spiro atoms. The van der Waals surface area contributed by atoms with Gasteiger partial charge in [-0.15, -0.1) is 0 Å². The average Bonchev–Trinajstić information content (AvgIpc) is 3.25. The molecule has 0 aliphatic heterocycles. The molecule has 0 fully saturated rings. The molecule has 0 N–H and O–H groups in total. The van der Waals surface area contributed by atoms with Crippen LogP contribution in [0.5, 0.6) is 0 Å². The first-order valence-electron chi connectivity index (χ1n) is 8.45. The summed E-state index contributed by atoms with van der Waals surface area (Å²) in [5.74, 6) is 0.806. The topological polar surface area (TPSA) is 64.8 Å². The van der Waals surface area contributed by atoms with E-state index in [9.17, 15) is 8.42 Å². The third-order valence-corrected chi connectivity index (χ3v) is 6.06. The van der Waals surface area contributed by atoms with Crippen LogP contribution in [0.15, 0.2) is 101 Å². The summed E-state index contributed by atoms with van der Waals surface area (Å²) in [6.07, 6.45) is 7.76. The Bertz CT molecular complexity index is 1120. The third-order valence-electron chi connectivity index (χ3n) is 4.27. The van der Waals surface area contributed by atoms with Crippen molar-refractivity contribution in [2.24, 2.45) is 0 Å². The number of nitrogens with zero attached hydrogens (tertiary/aromatic N) is 3. The molecule has 0 amide bonds. The highest BCUT2D eigenvalue weighted by Gasteiger charge is 2.16. The van der Waals surface area contributed by atoms with Gasteiger partial charge in [-0.05, 0) is 47.9 Å². The molecule has 27 heavy (non-hydrogen) atoms. The molecule has 0 unspecified atom stereocenters. The second-order valence-electron chi connectivity index (χ2n) is 6.13. The first-order chi connectivity index (χ1) is 13.1. The molecule has 2 heterocycles. The monoisotopic (exact) mass is 375 g/mol. The van der Waals surface area contributed by atoms with Gasteiger partial charge in [0.25, 0.3) is 0 Å². The van der Waals surface area contributed by atoms with Crippen LogP contribution in [0.4, 0.5) is 0 Å². The van der Waals surface area contributed by atoms with Gasteiger partial charge in [-0.1, -0.05) is 36.4 Å². The lowest BCUT2D eigenvalue weighted by atomic mass is 10.1. The Labute approximate surface area is 157 Å². The molecule has 4 rings (SSSR count). The minimum atomic E-state index is -3.48. The number of hydrogen-bond donors (Lipinski definition) is 0. The van der Waals surface area contributed by atoms with E-state index in [1.807, 2.05) is 41.2 Å². The normalized spacial score (nSPS) is 11.4. The maximum Gasteiger partial charge on any atom is 0.206 e. The molecule has 0 atom stereocenters. The van der Waals surface area contributed by atoms with E-state index >= 15 is 0 Å². The zero-order valence-corrected chi connectivity index (χ0v) is 15.3. The zero-order valence-electron chi connectivity index (χ0n) is 14.4. The molecule has 4 aromatic rings. The van der Waals surface area contributed by atoms with Gasteiger partial charge in [0, 0.05) is 18.6 Å². The molecule has 0 saturated heterocycles. The van der Waals surface area contributed by atoms with E-state index in [-0.39, 0.29) is 0 Å². The molecule has 6 heteroatoms. The van der Waals surface area contributed by atoms with E-state index in [4.69, 9.17) is 0 Å². The fourth-order valence-corrected chi connectivity index (χ4v) is 4.11. The molecule has 5 nitrogen and oxygen atoms in total. The van der Waals surface area contributed by atoms with Gasteiger partial charge in [0.2, 0.25) is 9.84 Å². The van der Waals surface area contributed by atoms with Crippen molar-refractivity contribution < 1.29 is 8.42 Å². The number of aromatic nitrogens is 3. The molecular weight excluding hydrogens is 358 g/mol. The largest absolute Gasteiger partial charge is 0.291 e. The minimum Gasteiger partial charge on any atom is -0.291 e. The fourth-order valence-electron chi connectivity index (χ4n) is 2.83. The molecule has 0 radical (unpaired) electrons. The van der Waals surface area contributed by atoms with Crippen LogP contribution in [0.2, 0.25) is 0 Å². The van der Waals surface area contributed by atoms with Crippen LogP contribution in [0.3, 0.4) is 0 Å². The second-order valence-corrected chi connectivity index (χ2v) is 8.08. The van der Waals surface area contributed by atoms with Gasteiger partial charge in [0.1, 0.15) is 12.1 Å². The van der Waals surface area contributed by atoms with Gasteiger partial charge in [0.15, 0.2) is 0 Å².